The number of Topliss-reactive ketones (excluding diaryl/α,β-unsaturated/α-hetero) is 3. The van der Waals surface area contributed by atoms with Crippen molar-refractivity contribution in [1.29, 1.82) is 0 Å². The number of carbonyl (C=O) groups is 5. The minimum absolute atomic E-state index is 0.00939. The molecule has 4 atom stereocenters. The number of ketones is 3. The van der Waals surface area contributed by atoms with Gasteiger partial charge < -0.3 is 34.6 Å². The molecule has 1 spiro atoms. The number of hydrogen-bond acceptors (Lipinski definition) is 12. The van der Waals surface area contributed by atoms with Crippen molar-refractivity contribution in [3.05, 3.63) is 69.3 Å². The topological polar surface area (TPSA) is 194 Å². The first-order valence-corrected chi connectivity index (χ1v) is 13.8. The zero-order valence-corrected chi connectivity index (χ0v) is 23.9. The van der Waals surface area contributed by atoms with Crippen LogP contribution in [0.1, 0.15) is 68.2 Å². The molecule has 5 aliphatic rings. The summed E-state index contributed by atoms with van der Waals surface area (Å²) in [6.45, 7) is 1.66. The fourth-order valence-electron chi connectivity index (χ4n) is 6.95. The van der Waals surface area contributed by atoms with Crippen LogP contribution in [0.3, 0.4) is 0 Å². The average Bonchev–Trinajstić information content (AvgIpc) is 3.21. The van der Waals surface area contributed by atoms with Crippen LogP contribution in [-0.2, 0) is 30.3 Å². The van der Waals surface area contributed by atoms with Gasteiger partial charge in [-0.15, -0.1) is 0 Å². The summed E-state index contributed by atoms with van der Waals surface area (Å²) in [5.41, 5.74) is -3.93. The Labute approximate surface area is 250 Å². The van der Waals surface area contributed by atoms with Crippen molar-refractivity contribution in [3.63, 3.8) is 0 Å². The Kier molecular flexibility index (Phi) is 6.47. The number of aliphatic hydroxyl groups is 2. The summed E-state index contributed by atoms with van der Waals surface area (Å²) >= 11 is 0. The third kappa shape index (κ3) is 3.76. The molecule has 2 aromatic rings. The number of carbonyl (C=O) groups excluding carboxylic acids is 5. The van der Waals surface area contributed by atoms with Gasteiger partial charge >= 0.3 is 11.9 Å². The summed E-state index contributed by atoms with van der Waals surface area (Å²) in [6.07, 6.45) is -0.390. The molecule has 0 amide bonds. The van der Waals surface area contributed by atoms with E-state index in [0.29, 0.717) is 5.56 Å². The number of phenolic OH excluding ortho intramolecular Hbond substituents is 2. The highest BCUT2D eigenvalue weighted by Crippen LogP contribution is 2.58. The van der Waals surface area contributed by atoms with Gasteiger partial charge in [-0.2, -0.15) is 0 Å². The monoisotopic (exact) mass is 604 g/mol. The maximum atomic E-state index is 14.1. The SMILES string of the molecule is COC(=O)CCC(O)C1(C(=O)OC)CC(=O)c2c(cc3c(c2O)C2C=CC4(C3)C(=O)c3cc(C)cc(O)c3C(O)=C4C2=O)O1. The first kappa shape index (κ1) is 29.1. The largest absolute Gasteiger partial charge is 0.507 e. The van der Waals surface area contributed by atoms with Crippen molar-refractivity contribution in [2.45, 2.75) is 50.2 Å². The molecular formula is C32H28O12. The summed E-state index contributed by atoms with van der Waals surface area (Å²) in [4.78, 5) is 66.4. The van der Waals surface area contributed by atoms with Crippen molar-refractivity contribution in [2.75, 3.05) is 14.2 Å². The van der Waals surface area contributed by atoms with Crippen molar-refractivity contribution < 1.29 is 58.6 Å². The number of allylic oxidation sites excluding steroid dienone is 3. The Morgan fingerprint density at radius 1 is 1.05 bits per heavy atom. The van der Waals surface area contributed by atoms with Crippen LogP contribution >= 0.6 is 0 Å². The molecule has 0 radical (unpaired) electrons. The summed E-state index contributed by atoms with van der Waals surface area (Å²) < 4.78 is 15.5. The molecular weight excluding hydrogens is 576 g/mol. The number of benzene rings is 2. The van der Waals surface area contributed by atoms with E-state index in [2.05, 4.69) is 4.74 Å². The number of aryl methyl sites for hydroxylation is 1. The molecule has 44 heavy (non-hydrogen) atoms. The highest BCUT2D eigenvalue weighted by atomic mass is 16.6. The third-order valence-corrected chi connectivity index (χ3v) is 9.02. The Hall–Kier alpha value is -4.97. The number of phenols is 2. The zero-order valence-electron chi connectivity index (χ0n) is 23.9. The van der Waals surface area contributed by atoms with Gasteiger partial charge in [0.1, 0.15) is 34.7 Å². The second-order valence-electron chi connectivity index (χ2n) is 11.5. The van der Waals surface area contributed by atoms with Crippen LogP contribution in [0.5, 0.6) is 17.2 Å². The van der Waals surface area contributed by atoms with Gasteiger partial charge in [-0.3, -0.25) is 19.2 Å². The molecule has 12 nitrogen and oxygen atoms in total. The second kappa shape index (κ2) is 9.78. The number of rotatable bonds is 5. The zero-order chi connectivity index (χ0) is 31.9. The number of aromatic hydroxyl groups is 2. The minimum Gasteiger partial charge on any atom is -0.507 e. The number of ether oxygens (including phenoxy) is 3. The van der Waals surface area contributed by atoms with Gasteiger partial charge in [0.2, 0.25) is 5.60 Å². The number of hydrogen-bond donors (Lipinski definition) is 4. The fourth-order valence-corrected chi connectivity index (χ4v) is 6.95. The maximum absolute atomic E-state index is 14.1. The normalized spacial score (nSPS) is 25.3. The molecule has 1 aliphatic heterocycles. The molecule has 4 unspecified atom stereocenters. The van der Waals surface area contributed by atoms with E-state index in [1.807, 2.05) is 0 Å². The molecule has 1 heterocycles. The smallest absolute Gasteiger partial charge is 0.353 e. The van der Waals surface area contributed by atoms with Gasteiger partial charge in [0.25, 0.3) is 0 Å². The fraction of sp³-hybridized carbons (Fsp3) is 0.344. The van der Waals surface area contributed by atoms with E-state index in [1.165, 1.54) is 30.4 Å². The predicted octanol–water partition coefficient (Wildman–Crippen LogP) is 2.53. The van der Waals surface area contributed by atoms with Gasteiger partial charge in [0.15, 0.2) is 17.3 Å². The van der Waals surface area contributed by atoms with Crippen LogP contribution in [0, 0.1) is 12.3 Å². The number of aliphatic hydroxyl groups excluding tert-OH is 2. The quantitative estimate of drug-likeness (QED) is 0.288. The molecule has 0 aromatic heterocycles. The average molecular weight is 605 g/mol. The van der Waals surface area contributed by atoms with E-state index in [-0.39, 0.29) is 64.2 Å². The van der Waals surface area contributed by atoms with Crippen LogP contribution in [0.2, 0.25) is 0 Å². The van der Waals surface area contributed by atoms with Crippen LogP contribution < -0.4 is 4.74 Å². The van der Waals surface area contributed by atoms with E-state index in [4.69, 9.17) is 9.47 Å². The predicted molar refractivity (Wildman–Crippen MR) is 149 cm³/mol. The highest BCUT2D eigenvalue weighted by molar-refractivity contribution is 6.23. The van der Waals surface area contributed by atoms with Crippen molar-refractivity contribution in [1.82, 2.24) is 0 Å². The Morgan fingerprint density at radius 2 is 1.77 bits per heavy atom. The lowest BCUT2D eigenvalue weighted by molar-refractivity contribution is -0.172. The second-order valence-corrected chi connectivity index (χ2v) is 11.5. The molecule has 0 saturated carbocycles. The Bertz CT molecular complexity index is 1780. The molecule has 228 valence electrons. The van der Waals surface area contributed by atoms with Gasteiger partial charge in [-0.05, 0) is 49.1 Å². The third-order valence-electron chi connectivity index (χ3n) is 9.02. The first-order chi connectivity index (χ1) is 20.8. The molecule has 4 N–H and O–H groups in total. The van der Waals surface area contributed by atoms with E-state index in [0.717, 1.165) is 14.2 Å². The summed E-state index contributed by atoms with van der Waals surface area (Å²) in [5.74, 6) is -6.84. The lowest BCUT2D eigenvalue weighted by Crippen LogP contribution is -2.58. The van der Waals surface area contributed by atoms with E-state index < -0.39 is 70.3 Å². The molecule has 2 bridgehead atoms. The number of esters is 2. The van der Waals surface area contributed by atoms with Crippen LogP contribution in [0.15, 0.2) is 35.9 Å². The lowest BCUT2D eigenvalue weighted by atomic mass is 9.62. The minimum atomic E-state index is -2.28. The first-order valence-electron chi connectivity index (χ1n) is 13.8. The molecule has 12 heteroatoms. The number of methoxy groups -OCH3 is 2. The van der Waals surface area contributed by atoms with Crippen LogP contribution in [0.25, 0.3) is 5.76 Å². The van der Waals surface area contributed by atoms with Gasteiger partial charge in [-0.25, -0.2) is 4.79 Å². The van der Waals surface area contributed by atoms with Gasteiger partial charge in [0.05, 0.1) is 43.1 Å². The standard InChI is InChI=1S/C32H28O12/c1-13-8-16-23(17(33)9-13)28(39)25-26(37)15-6-7-31(25,29(16)40)11-14-10-19-24(27(38)22(14)15)18(34)12-32(44-19,30(41)43-3)20(35)4-5-21(36)42-2/h6-10,15,20,33,35,38-39H,4-5,11-12H2,1-3H3. The van der Waals surface area contributed by atoms with Crippen LogP contribution in [0.4, 0.5) is 0 Å². The van der Waals surface area contributed by atoms with Crippen molar-refractivity contribution in [2.24, 2.45) is 5.41 Å². The lowest BCUT2D eigenvalue weighted by Gasteiger charge is -2.39. The number of fused-ring (bicyclic) bond motifs is 2. The Morgan fingerprint density at radius 3 is 2.45 bits per heavy atom. The molecule has 0 saturated heterocycles. The molecule has 7 rings (SSSR count). The summed E-state index contributed by atoms with van der Waals surface area (Å²) in [7, 11) is 2.19. The molecule has 0 fully saturated rings. The highest BCUT2D eigenvalue weighted by Gasteiger charge is 2.58. The summed E-state index contributed by atoms with van der Waals surface area (Å²) in [6, 6.07) is 4.19. The van der Waals surface area contributed by atoms with E-state index in [1.54, 1.807) is 6.92 Å². The van der Waals surface area contributed by atoms with Gasteiger partial charge in [0, 0.05) is 17.5 Å². The summed E-state index contributed by atoms with van der Waals surface area (Å²) in [5, 5.41) is 44.5. The van der Waals surface area contributed by atoms with Gasteiger partial charge in [-0.1, -0.05) is 12.2 Å². The molecule has 4 aliphatic carbocycles. The van der Waals surface area contributed by atoms with Crippen molar-refractivity contribution >= 4 is 35.0 Å². The molecule has 2 aromatic carbocycles. The van der Waals surface area contributed by atoms with Crippen molar-refractivity contribution in [3.8, 4) is 17.2 Å². The maximum Gasteiger partial charge on any atom is 0.353 e. The van der Waals surface area contributed by atoms with E-state index >= 15 is 0 Å². The van der Waals surface area contributed by atoms with E-state index in [9.17, 15) is 44.4 Å². The Balaban J connectivity index is 1.52. The van der Waals surface area contributed by atoms with Crippen LogP contribution in [-0.4, -0.2) is 75.6 Å².